The van der Waals surface area contributed by atoms with E-state index in [2.05, 4.69) is 85.8 Å². The molecule has 29 heavy (non-hydrogen) atoms. The zero-order chi connectivity index (χ0) is 21.5. The van der Waals surface area contributed by atoms with Gasteiger partial charge in [0, 0.05) is 21.0 Å². The first kappa shape index (κ1) is 24.3. The molecule has 3 fully saturated rings. The van der Waals surface area contributed by atoms with Crippen LogP contribution >= 0.6 is 23.5 Å². The van der Waals surface area contributed by atoms with E-state index in [0.717, 1.165) is 74.3 Å². The predicted octanol–water partition coefficient (Wildman–Crippen LogP) is 8.64. The van der Waals surface area contributed by atoms with E-state index in [-0.39, 0.29) is 0 Å². The van der Waals surface area contributed by atoms with E-state index in [0.29, 0.717) is 0 Å². The molecule has 0 spiro atoms. The summed E-state index contributed by atoms with van der Waals surface area (Å²) in [6, 6.07) is 0. The Hall–Kier alpha value is 0.700. The van der Waals surface area contributed by atoms with Crippen LogP contribution < -0.4 is 0 Å². The van der Waals surface area contributed by atoms with Gasteiger partial charge in [-0.05, 0) is 85.4 Å². The van der Waals surface area contributed by atoms with Crippen molar-refractivity contribution >= 4 is 23.5 Å². The van der Waals surface area contributed by atoms with Crippen molar-refractivity contribution in [1.29, 1.82) is 0 Å². The van der Waals surface area contributed by atoms with E-state index >= 15 is 0 Å². The van der Waals surface area contributed by atoms with Gasteiger partial charge in [0.25, 0.3) is 0 Å². The lowest BCUT2D eigenvalue weighted by molar-refractivity contribution is 0.225. The van der Waals surface area contributed by atoms with E-state index in [1.165, 1.54) is 32.1 Å². The van der Waals surface area contributed by atoms with Crippen molar-refractivity contribution in [3.8, 4) is 0 Å². The Morgan fingerprint density at radius 2 is 0.655 bits per heavy atom. The van der Waals surface area contributed by atoms with Gasteiger partial charge in [0.1, 0.15) is 0 Å². The lowest BCUT2D eigenvalue weighted by Crippen LogP contribution is -2.45. The summed E-state index contributed by atoms with van der Waals surface area (Å²) in [7, 11) is 0. The summed E-state index contributed by atoms with van der Waals surface area (Å²) in [5.41, 5.74) is 0. The van der Waals surface area contributed by atoms with E-state index in [4.69, 9.17) is 0 Å². The van der Waals surface area contributed by atoms with Gasteiger partial charge in [-0.2, -0.15) is 23.5 Å². The van der Waals surface area contributed by atoms with E-state index in [1.807, 2.05) is 0 Å². The van der Waals surface area contributed by atoms with Crippen LogP contribution in [-0.2, 0) is 0 Å². The molecular formula is C27H50S2. The van der Waals surface area contributed by atoms with Crippen molar-refractivity contribution in [2.24, 2.45) is 53.3 Å². The Bertz CT molecular complexity index is 451. The van der Waals surface area contributed by atoms with Crippen LogP contribution in [0.2, 0.25) is 0 Å². The van der Waals surface area contributed by atoms with Crippen LogP contribution in [0.25, 0.3) is 0 Å². The highest BCUT2D eigenvalue weighted by Gasteiger charge is 2.45. The number of hydrogen-bond donors (Lipinski definition) is 0. The minimum Gasteiger partial charge on any atom is -0.154 e. The molecule has 0 N–H and O–H groups in total. The first-order valence-corrected chi connectivity index (χ1v) is 14.8. The Morgan fingerprint density at radius 1 is 0.379 bits per heavy atom. The normalized spacial score (nSPS) is 54.3. The minimum atomic E-state index is 0.848. The Balaban J connectivity index is 1.70. The van der Waals surface area contributed by atoms with Gasteiger partial charge >= 0.3 is 0 Å². The van der Waals surface area contributed by atoms with Crippen LogP contribution in [0.1, 0.15) is 94.4 Å². The molecular weight excluding hydrogens is 388 g/mol. The Morgan fingerprint density at radius 3 is 0.966 bits per heavy atom. The maximum atomic E-state index is 2.63. The van der Waals surface area contributed by atoms with Crippen LogP contribution in [0.15, 0.2) is 0 Å². The molecule has 0 nitrogen and oxygen atoms in total. The monoisotopic (exact) mass is 438 g/mol. The average Bonchev–Trinajstić information content (AvgIpc) is 2.58. The quantitative estimate of drug-likeness (QED) is 0.430. The van der Waals surface area contributed by atoms with Gasteiger partial charge in [-0.15, -0.1) is 0 Å². The van der Waals surface area contributed by atoms with Gasteiger partial charge < -0.3 is 0 Å². The second-order valence-electron chi connectivity index (χ2n) is 12.2. The van der Waals surface area contributed by atoms with Gasteiger partial charge in [-0.3, -0.25) is 0 Å². The van der Waals surface area contributed by atoms with Crippen molar-refractivity contribution in [2.45, 2.75) is 115 Å². The standard InChI is InChI=1S/C27H50S2/c1-15-10-17(3)24(18(4)11-15)28-26-21(7)14-22(8)27(23(26)9)29-25-19(5)12-16(2)13-20(25)6/h15-27H,10-14H2,1-9H3. The molecule has 0 aromatic rings. The smallest absolute Gasteiger partial charge is 0.0112 e. The molecule has 0 saturated heterocycles. The highest BCUT2D eigenvalue weighted by molar-refractivity contribution is 8.01. The molecule has 8 unspecified atom stereocenters. The third kappa shape index (κ3) is 5.55. The molecule has 0 amide bonds. The SMILES string of the molecule is CC1CC(C)C(SC2C(C)CC(C)C(SC3C(C)CC(C)CC3C)C2C)C(C)C1. The summed E-state index contributed by atoms with van der Waals surface area (Å²) in [5.74, 6) is 8.03. The maximum absolute atomic E-state index is 2.63. The molecule has 0 radical (unpaired) electrons. The molecule has 8 atom stereocenters. The van der Waals surface area contributed by atoms with Gasteiger partial charge in [0.2, 0.25) is 0 Å². The van der Waals surface area contributed by atoms with Crippen LogP contribution in [0.4, 0.5) is 0 Å². The second-order valence-corrected chi connectivity index (χ2v) is 15.0. The Kier molecular flexibility index (Phi) is 8.48. The second kappa shape index (κ2) is 10.1. The van der Waals surface area contributed by atoms with E-state index in [1.54, 1.807) is 0 Å². The van der Waals surface area contributed by atoms with Crippen LogP contribution in [0, 0.1) is 53.3 Å². The molecule has 2 heteroatoms. The molecule has 0 heterocycles. The van der Waals surface area contributed by atoms with Gasteiger partial charge in [0.05, 0.1) is 0 Å². The summed E-state index contributed by atoms with van der Waals surface area (Å²) in [5, 5.41) is 3.49. The maximum Gasteiger partial charge on any atom is 0.0112 e. The van der Waals surface area contributed by atoms with Crippen molar-refractivity contribution in [3.63, 3.8) is 0 Å². The zero-order valence-corrected chi connectivity index (χ0v) is 22.5. The summed E-state index contributed by atoms with van der Waals surface area (Å²) in [6.07, 6.45) is 7.23. The first-order valence-electron chi connectivity index (χ1n) is 12.9. The van der Waals surface area contributed by atoms with Crippen LogP contribution in [0.3, 0.4) is 0 Å². The van der Waals surface area contributed by atoms with E-state index < -0.39 is 0 Å². The molecule has 0 aliphatic heterocycles. The van der Waals surface area contributed by atoms with Gasteiger partial charge in [0.15, 0.2) is 0 Å². The third-order valence-electron chi connectivity index (χ3n) is 8.87. The third-order valence-corrected chi connectivity index (χ3v) is 13.8. The fourth-order valence-electron chi connectivity index (χ4n) is 7.88. The van der Waals surface area contributed by atoms with E-state index in [9.17, 15) is 0 Å². The molecule has 3 saturated carbocycles. The molecule has 0 bridgehead atoms. The zero-order valence-electron chi connectivity index (χ0n) is 20.9. The minimum absolute atomic E-state index is 0.848. The molecule has 3 aliphatic carbocycles. The molecule has 0 aromatic heterocycles. The first-order chi connectivity index (χ1) is 13.6. The summed E-state index contributed by atoms with van der Waals surface area (Å²) < 4.78 is 0. The summed E-state index contributed by atoms with van der Waals surface area (Å²) >= 11 is 4.86. The average molecular weight is 439 g/mol. The number of hydrogen-bond acceptors (Lipinski definition) is 2. The van der Waals surface area contributed by atoms with Crippen molar-refractivity contribution < 1.29 is 0 Å². The largest absolute Gasteiger partial charge is 0.154 e. The Labute approximate surface area is 191 Å². The number of rotatable bonds is 4. The predicted molar refractivity (Wildman–Crippen MR) is 136 cm³/mol. The van der Waals surface area contributed by atoms with Gasteiger partial charge in [-0.1, -0.05) is 62.3 Å². The van der Waals surface area contributed by atoms with Crippen molar-refractivity contribution in [3.05, 3.63) is 0 Å². The fraction of sp³-hybridized carbons (Fsp3) is 1.00. The molecule has 3 rings (SSSR count). The lowest BCUT2D eigenvalue weighted by atomic mass is 9.76. The van der Waals surface area contributed by atoms with Crippen LogP contribution in [0.5, 0.6) is 0 Å². The number of thioether (sulfide) groups is 2. The summed E-state index contributed by atoms with van der Waals surface area (Å²) in [6.45, 7) is 22.9. The van der Waals surface area contributed by atoms with Crippen LogP contribution in [-0.4, -0.2) is 21.0 Å². The molecule has 0 aromatic carbocycles. The molecule has 170 valence electrons. The lowest BCUT2D eigenvalue weighted by Gasteiger charge is -2.49. The van der Waals surface area contributed by atoms with Gasteiger partial charge in [-0.25, -0.2) is 0 Å². The molecule has 3 aliphatic rings. The van der Waals surface area contributed by atoms with Crippen molar-refractivity contribution in [2.75, 3.05) is 0 Å². The summed E-state index contributed by atoms with van der Waals surface area (Å²) in [4.78, 5) is 0. The van der Waals surface area contributed by atoms with Crippen molar-refractivity contribution in [1.82, 2.24) is 0 Å². The fourth-order valence-corrected chi connectivity index (χ4v) is 11.8. The highest BCUT2D eigenvalue weighted by Crippen LogP contribution is 2.53. The highest BCUT2D eigenvalue weighted by atomic mass is 32.2. The topological polar surface area (TPSA) is 0 Å².